The van der Waals surface area contributed by atoms with E-state index in [9.17, 15) is 0 Å². The van der Waals surface area contributed by atoms with E-state index in [0.717, 1.165) is 50.6 Å². The summed E-state index contributed by atoms with van der Waals surface area (Å²) < 4.78 is 19.9. The minimum atomic E-state index is -4.48. The molecule has 4 aliphatic rings. The number of allylic oxidation sites excluding steroid dienone is 2. The van der Waals surface area contributed by atoms with Crippen LogP contribution in [0.2, 0.25) is 0 Å². The quantitative estimate of drug-likeness (QED) is 0.278. The van der Waals surface area contributed by atoms with Gasteiger partial charge in [-0.2, -0.15) is 0 Å². The van der Waals surface area contributed by atoms with Crippen LogP contribution in [0.5, 0.6) is 11.5 Å². The maximum absolute atomic E-state index is 7.51. The van der Waals surface area contributed by atoms with Crippen molar-refractivity contribution in [1.82, 2.24) is 4.23 Å². The van der Waals surface area contributed by atoms with Crippen LogP contribution in [0.3, 0.4) is 0 Å². The topological polar surface area (TPSA) is 26.4 Å². The molecule has 38 heavy (non-hydrogen) atoms. The number of aromatic nitrogens is 1. The summed E-state index contributed by atoms with van der Waals surface area (Å²) in [6.07, 6.45) is 4.48. The van der Waals surface area contributed by atoms with Crippen molar-refractivity contribution >= 4 is 24.6 Å². The van der Waals surface area contributed by atoms with E-state index in [4.69, 9.17) is 8.85 Å². The van der Waals surface area contributed by atoms with Crippen LogP contribution < -0.4 is 14.0 Å². The molecule has 9 rings (SSSR count). The van der Waals surface area contributed by atoms with Gasteiger partial charge in [0.25, 0.3) is 0 Å². The summed E-state index contributed by atoms with van der Waals surface area (Å²) in [5.41, 5.74) is 8.92. The first kappa shape index (κ1) is 20.2. The first-order valence-electron chi connectivity index (χ1n) is 13.0. The second-order valence-electron chi connectivity index (χ2n) is 10.2. The molecule has 0 fully saturated rings. The van der Waals surface area contributed by atoms with Gasteiger partial charge in [-0.1, -0.05) is 0 Å². The van der Waals surface area contributed by atoms with Gasteiger partial charge in [-0.3, -0.25) is 0 Å². The Hall–Kier alpha value is -4.87. The van der Waals surface area contributed by atoms with Crippen molar-refractivity contribution in [2.45, 2.75) is 0 Å². The third kappa shape index (κ3) is 2.13. The zero-order chi connectivity index (χ0) is 24.9. The van der Waals surface area contributed by atoms with Gasteiger partial charge in [0.1, 0.15) is 0 Å². The average Bonchev–Trinajstić information content (AvgIpc) is 3.63. The summed E-state index contributed by atoms with van der Waals surface area (Å²) >= 11 is 0. The van der Waals surface area contributed by atoms with Crippen LogP contribution in [0.4, 0.5) is 0 Å². The molecule has 0 N–H and O–H groups in total. The van der Waals surface area contributed by atoms with Gasteiger partial charge >= 0.3 is 221 Å². The average molecular weight is 507 g/mol. The Labute approximate surface area is 220 Å². The van der Waals surface area contributed by atoms with Gasteiger partial charge < -0.3 is 0 Å². The van der Waals surface area contributed by atoms with E-state index in [1.807, 2.05) is 12.1 Å². The van der Waals surface area contributed by atoms with Crippen LogP contribution in [-0.2, 0) is 0 Å². The van der Waals surface area contributed by atoms with Crippen molar-refractivity contribution < 1.29 is 13.1 Å². The van der Waals surface area contributed by atoms with E-state index >= 15 is 0 Å². The molecule has 5 heteroatoms. The molecule has 180 valence electrons. The molecule has 0 bridgehead atoms. The molecule has 4 aromatic carbocycles. The van der Waals surface area contributed by atoms with E-state index in [-0.39, 0.29) is 0 Å². The van der Waals surface area contributed by atoms with Crippen molar-refractivity contribution in [2.24, 2.45) is 0 Å². The summed E-state index contributed by atoms with van der Waals surface area (Å²) in [6, 6.07) is 42.4. The summed E-state index contributed by atoms with van der Waals surface area (Å²) in [4.78, 5) is 0. The van der Waals surface area contributed by atoms with Crippen molar-refractivity contribution in [3.63, 3.8) is 0 Å². The molecule has 1 aromatic heterocycles. The van der Waals surface area contributed by atoms with E-state index in [1.54, 1.807) is 0 Å². The Balaban J connectivity index is 1.56. The molecule has 4 nitrogen and oxygen atoms in total. The summed E-state index contributed by atoms with van der Waals surface area (Å²) in [5.74, 6) is 1.69. The third-order valence-corrected chi connectivity index (χ3v) is 13.3. The Morgan fingerprint density at radius 1 is 0.553 bits per heavy atom. The van der Waals surface area contributed by atoms with Gasteiger partial charge in [0.15, 0.2) is 0 Å². The molecule has 5 heterocycles. The Kier molecular flexibility index (Phi) is 3.57. The zero-order valence-electron chi connectivity index (χ0n) is 20.4. The Bertz CT molecular complexity index is 1940. The van der Waals surface area contributed by atoms with E-state index in [2.05, 4.69) is 130 Å². The standard InChI is InChI=1S/C33H22N2O2Si/c1-3-11-23(12-4-1)33-29-21-19-27-25-15-7-9-17-31(25)36-38(34(27)29,24-13-5-2-6-14-24)35-28(20-22-30(33)35)26-16-8-10-18-32(26)37-38/h1-22H. The number of benzene rings is 4. The van der Waals surface area contributed by atoms with Crippen LogP contribution in [0.25, 0.3) is 16.8 Å². The summed E-state index contributed by atoms with van der Waals surface area (Å²) in [7, 11) is -4.48. The second kappa shape index (κ2) is 6.71. The number of hydrogen-bond donors (Lipinski definition) is 0. The molecule has 0 atom stereocenters. The van der Waals surface area contributed by atoms with Gasteiger partial charge in [0, 0.05) is 0 Å². The van der Waals surface area contributed by atoms with Crippen molar-refractivity contribution in [1.29, 1.82) is 0 Å². The van der Waals surface area contributed by atoms with Gasteiger partial charge in [-0.15, -0.1) is 0 Å². The fourth-order valence-electron chi connectivity index (χ4n) is 6.90. The van der Waals surface area contributed by atoms with Crippen LogP contribution in [-0.4, -0.2) is 22.3 Å². The maximum atomic E-state index is 7.51. The molecule has 0 radical (unpaired) electrons. The Morgan fingerprint density at radius 3 is 1.92 bits per heavy atom. The van der Waals surface area contributed by atoms with Crippen LogP contribution in [0.1, 0.15) is 16.8 Å². The molecule has 0 amide bonds. The number of rotatable bonds is 2. The monoisotopic (exact) mass is 506 g/mol. The predicted octanol–water partition coefficient (Wildman–Crippen LogP) is 5.93. The predicted molar refractivity (Wildman–Crippen MR) is 151 cm³/mol. The first-order valence-corrected chi connectivity index (χ1v) is 15.2. The van der Waals surface area contributed by atoms with Crippen molar-refractivity contribution in [2.75, 3.05) is 0 Å². The molecular formula is C33H22N2O2Si. The van der Waals surface area contributed by atoms with Gasteiger partial charge in [0.05, 0.1) is 0 Å². The second-order valence-corrected chi connectivity index (χ2v) is 14.0. The Morgan fingerprint density at radius 2 is 1.16 bits per heavy atom. The third-order valence-electron chi connectivity index (χ3n) is 8.31. The van der Waals surface area contributed by atoms with Crippen LogP contribution >= 0.6 is 0 Å². The van der Waals surface area contributed by atoms with Crippen molar-refractivity contribution in [3.05, 3.63) is 156 Å². The van der Waals surface area contributed by atoms with E-state index < -0.39 is 8.16 Å². The molecule has 0 unspecified atom stereocenters. The van der Waals surface area contributed by atoms with Crippen molar-refractivity contribution in [3.8, 4) is 22.8 Å². The van der Waals surface area contributed by atoms with Crippen LogP contribution in [0.15, 0.2) is 139 Å². The fraction of sp³-hybridized carbons (Fsp3) is 0. The van der Waals surface area contributed by atoms with E-state index in [1.165, 1.54) is 11.1 Å². The summed E-state index contributed by atoms with van der Waals surface area (Å²) in [5, 5.41) is 1.04. The number of para-hydroxylation sites is 2. The zero-order valence-corrected chi connectivity index (χ0v) is 21.4. The normalized spacial score (nSPS) is 19.2. The number of nitrogens with zero attached hydrogens (tertiary/aromatic N) is 2. The fourth-order valence-corrected chi connectivity index (χ4v) is 12.6. The number of hydrogen-bond acceptors (Lipinski definition) is 2. The van der Waals surface area contributed by atoms with Crippen LogP contribution in [0, 0.1) is 0 Å². The van der Waals surface area contributed by atoms with Gasteiger partial charge in [-0.05, 0) is 0 Å². The van der Waals surface area contributed by atoms with Gasteiger partial charge in [0.2, 0.25) is 0 Å². The molecule has 0 saturated carbocycles. The number of fused-ring (bicyclic) bond motifs is 4. The van der Waals surface area contributed by atoms with E-state index in [0.29, 0.717) is 0 Å². The molecule has 1 spiro atoms. The summed E-state index contributed by atoms with van der Waals surface area (Å²) in [6.45, 7) is 0. The molecule has 0 saturated heterocycles. The van der Waals surface area contributed by atoms with Gasteiger partial charge in [-0.25, -0.2) is 0 Å². The molecular weight excluding hydrogens is 484 g/mol. The molecule has 0 aliphatic carbocycles. The SMILES string of the molecule is C1=CC2=[N+]3C1=C(c1ccccc1)c1ccc4n1[Si-]3(c1ccccc1)(Oc1ccccc12)Oc1ccccc1-4. The first-order chi connectivity index (χ1) is 18.8. The molecule has 5 aromatic rings. The minimum absolute atomic E-state index is 0.843. The molecule has 4 aliphatic heterocycles.